The van der Waals surface area contributed by atoms with Crippen LogP contribution in [-0.4, -0.2) is 0 Å². The minimum atomic E-state index is 0.994. The lowest BCUT2D eigenvalue weighted by Crippen LogP contribution is -2.12. The molecular weight excluding hydrogens is 192 g/mol. The minimum Gasteiger partial charge on any atom is -0.0853 e. The van der Waals surface area contributed by atoms with Crippen LogP contribution in [0.3, 0.4) is 0 Å². The Morgan fingerprint density at radius 2 is 1.50 bits per heavy atom. The van der Waals surface area contributed by atoms with Crippen LogP contribution in [0, 0.1) is 11.8 Å². The normalized spacial score (nSPS) is 30.8. The van der Waals surface area contributed by atoms with Gasteiger partial charge in [0.15, 0.2) is 0 Å². The number of rotatable bonds is 0. The second kappa shape index (κ2) is 7.92. The van der Waals surface area contributed by atoms with E-state index in [1.165, 1.54) is 57.8 Å². The Labute approximate surface area is 103 Å². The van der Waals surface area contributed by atoms with Crippen molar-refractivity contribution in [1.29, 1.82) is 0 Å². The van der Waals surface area contributed by atoms with Gasteiger partial charge in [0.05, 0.1) is 0 Å². The lowest BCUT2D eigenvalue weighted by atomic mass is 9.82. The van der Waals surface area contributed by atoms with E-state index >= 15 is 0 Å². The molecule has 3 aliphatic rings. The Hall–Kier alpha value is -0.260. The summed E-state index contributed by atoms with van der Waals surface area (Å²) in [4.78, 5) is 0. The third-order valence-corrected chi connectivity index (χ3v) is 4.25. The van der Waals surface area contributed by atoms with Crippen molar-refractivity contribution in [3.05, 3.63) is 11.6 Å². The topological polar surface area (TPSA) is 0 Å². The summed E-state index contributed by atoms with van der Waals surface area (Å²) in [6.07, 6.45) is 15.8. The third-order valence-electron chi connectivity index (χ3n) is 4.25. The maximum atomic E-state index is 2.45. The van der Waals surface area contributed by atoms with E-state index in [1.54, 1.807) is 5.57 Å². The number of hydrogen-bond donors (Lipinski definition) is 0. The zero-order valence-electron chi connectivity index (χ0n) is 11.6. The van der Waals surface area contributed by atoms with Gasteiger partial charge in [0.2, 0.25) is 0 Å². The monoisotopic (exact) mass is 222 g/mol. The fraction of sp³-hybridized carbons (Fsp3) is 0.875. The van der Waals surface area contributed by atoms with Crippen LogP contribution in [0.15, 0.2) is 11.6 Å². The first-order valence-electron chi connectivity index (χ1n) is 7.54. The van der Waals surface area contributed by atoms with Gasteiger partial charge in [-0.25, -0.2) is 0 Å². The second-order valence-corrected chi connectivity index (χ2v) is 5.24. The summed E-state index contributed by atoms with van der Waals surface area (Å²) in [6.45, 7) is 6.32. The highest BCUT2D eigenvalue weighted by Crippen LogP contribution is 2.42. The van der Waals surface area contributed by atoms with E-state index in [0.717, 1.165) is 11.8 Å². The molecular formula is C16H30. The van der Waals surface area contributed by atoms with Crippen molar-refractivity contribution >= 4 is 0 Å². The molecule has 2 fully saturated rings. The summed E-state index contributed by atoms with van der Waals surface area (Å²) >= 11 is 0. The first kappa shape index (κ1) is 13.8. The highest BCUT2D eigenvalue weighted by atomic mass is 14.3. The molecule has 0 bridgehead atoms. The summed E-state index contributed by atoms with van der Waals surface area (Å²) in [5.41, 5.74) is 1.69. The van der Waals surface area contributed by atoms with Crippen molar-refractivity contribution in [2.75, 3.05) is 0 Å². The van der Waals surface area contributed by atoms with Crippen molar-refractivity contribution < 1.29 is 0 Å². The van der Waals surface area contributed by atoms with Crippen molar-refractivity contribution in [2.45, 2.75) is 78.6 Å². The van der Waals surface area contributed by atoms with Crippen LogP contribution in [0.4, 0.5) is 0 Å². The molecule has 3 aliphatic carbocycles. The Bertz CT molecular complexity index is 194. The first-order chi connectivity index (χ1) is 7.88. The molecule has 2 unspecified atom stereocenters. The Balaban J connectivity index is 0.000000179. The van der Waals surface area contributed by atoms with Gasteiger partial charge >= 0.3 is 0 Å². The van der Waals surface area contributed by atoms with Gasteiger partial charge in [-0.2, -0.15) is 0 Å². The summed E-state index contributed by atoms with van der Waals surface area (Å²) in [6, 6.07) is 0. The maximum absolute atomic E-state index is 2.45. The molecule has 0 N–H and O–H groups in total. The molecule has 0 aromatic heterocycles. The minimum absolute atomic E-state index is 0.994. The van der Waals surface area contributed by atoms with Crippen LogP contribution >= 0.6 is 0 Å². The molecule has 0 aliphatic heterocycles. The van der Waals surface area contributed by atoms with Crippen molar-refractivity contribution in [3.63, 3.8) is 0 Å². The van der Waals surface area contributed by atoms with E-state index in [0.29, 0.717) is 0 Å². The number of allylic oxidation sites excluding steroid dienone is 2. The fourth-order valence-corrected chi connectivity index (χ4v) is 2.91. The average molecular weight is 222 g/mol. The largest absolute Gasteiger partial charge is 0.0853 e. The van der Waals surface area contributed by atoms with E-state index < -0.39 is 0 Å². The van der Waals surface area contributed by atoms with Crippen molar-refractivity contribution in [1.82, 2.24) is 0 Å². The smallest absolute Gasteiger partial charge is 0.0178 e. The lowest BCUT2D eigenvalue weighted by Gasteiger charge is -2.24. The maximum Gasteiger partial charge on any atom is -0.0178 e. The SMILES string of the molecule is C1CCC1.CC.CC1=CCCC2CCCC12. The summed E-state index contributed by atoms with van der Waals surface area (Å²) < 4.78 is 0. The third kappa shape index (κ3) is 3.96. The molecule has 0 aromatic rings. The molecule has 3 rings (SSSR count). The fourth-order valence-electron chi connectivity index (χ4n) is 2.91. The molecule has 0 amide bonds. The Kier molecular flexibility index (Phi) is 6.84. The quantitative estimate of drug-likeness (QED) is 0.459. The predicted molar refractivity (Wildman–Crippen MR) is 73.6 cm³/mol. The number of fused-ring (bicyclic) bond motifs is 1. The van der Waals surface area contributed by atoms with Crippen LogP contribution in [0.5, 0.6) is 0 Å². The zero-order valence-corrected chi connectivity index (χ0v) is 11.6. The highest BCUT2D eigenvalue weighted by Gasteiger charge is 2.29. The van der Waals surface area contributed by atoms with Gasteiger partial charge in [-0.15, -0.1) is 0 Å². The predicted octanol–water partition coefficient (Wildman–Crippen LogP) is 5.73. The van der Waals surface area contributed by atoms with E-state index in [9.17, 15) is 0 Å². The van der Waals surface area contributed by atoms with Gasteiger partial charge in [-0.1, -0.05) is 57.6 Å². The van der Waals surface area contributed by atoms with E-state index in [2.05, 4.69) is 13.0 Å². The van der Waals surface area contributed by atoms with Crippen LogP contribution in [0.2, 0.25) is 0 Å². The van der Waals surface area contributed by atoms with E-state index in [1.807, 2.05) is 13.8 Å². The van der Waals surface area contributed by atoms with Crippen molar-refractivity contribution in [3.8, 4) is 0 Å². The van der Waals surface area contributed by atoms with Gasteiger partial charge in [-0.05, 0) is 44.4 Å². The summed E-state index contributed by atoms with van der Waals surface area (Å²) in [5.74, 6) is 2.07. The molecule has 0 nitrogen and oxygen atoms in total. The molecule has 2 saturated carbocycles. The summed E-state index contributed by atoms with van der Waals surface area (Å²) in [7, 11) is 0. The molecule has 0 heteroatoms. The molecule has 0 aromatic carbocycles. The zero-order chi connectivity index (χ0) is 11.8. The van der Waals surface area contributed by atoms with E-state index in [-0.39, 0.29) is 0 Å². The average Bonchev–Trinajstić information content (AvgIpc) is 2.68. The molecule has 0 saturated heterocycles. The Morgan fingerprint density at radius 1 is 0.875 bits per heavy atom. The lowest BCUT2D eigenvalue weighted by molar-refractivity contribution is 0.392. The van der Waals surface area contributed by atoms with Crippen LogP contribution in [0.1, 0.15) is 78.6 Å². The van der Waals surface area contributed by atoms with Gasteiger partial charge in [0, 0.05) is 0 Å². The molecule has 94 valence electrons. The Morgan fingerprint density at radius 3 is 2.00 bits per heavy atom. The first-order valence-corrected chi connectivity index (χ1v) is 7.54. The van der Waals surface area contributed by atoms with Crippen LogP contribution < -0.4 is 0 Å². The van der Waals surface area contributed by atoms with Crippen LogP contribution in [-0.2, 0) is 0 Å². The van der Waals surface area contributed by atoms with Gasteiger partial charge < -0.3 is 0 Å². The molecule has 2 atom stereocenters. The molecule has 0 heterocycles. The standard InChI is InChI=1S/C10H16.C4H8.C2H6/c1-8-4-2-5-9-6-3-7-10(8)9;1-2-4-3-1;1-2/h4,9-10H,2-3,5-7H2,1H3;1-4H2;1-2H3. The summed E-state index contributed by atoms with van der Waals surface area (Å²) in [5, 5.41) is 0. The van der Waals surface area contributed by atoms with Gasteiger partial charge in [-0.3, -0.25) is 0 Å². The second-order valence-electron chi connectivity index (χ2n) is 5.24. The van der Waals surface area contributed by atoms with Gasteiger partial charge in [0.1, 0.15) is 0 Å². The molecule has 0 radical (unpaired) electrons. The van der Waals surface area contributed by atoms with Crippen molar-refractivity contribution in [2.24, 2.45) is 11.8 Å². The molecule has 16 heavy (non-hydrogen) atoms. The molecule has 0 spiro atoms. The van der Waals surface area contributed by atoms with Gasteiger partial charge in [0.25, 0.3) is 0 Å². The van der Waals surface area contributed by atoms with Crippen LogP contribution in [0.25, 0.3) is 0 Å². The number of hydrogen-bond acceptors (Lipinski definition) is 0. The highest BCUT2D eigenvalue weighted by molar-refractivity contribution is 5.10. The van der Waals surface area contributed by atoms with E-state index in [4.69, 9.17) is 0 Å².